The van der Waals surface area contributed by atoms with Gasteiger partial charge in [-0.2, -0.15) is 0 Å². The number of benzene rings is 3. The zero-order valence-electron chi connectivity index (χ0n) is 15.8. The van der Waals surface area contributed by atoms with Crippen LogP contribution in [0.2, 0.25) is 0 Å². The summed E-state index contributed by atoms with van der Waals surface area (Å²) in [6.07, 6.45) is -0.0716. The molecule has 0 bridgehead atoms. The summed E-state index contributed by atoms with van der Waals surface area (Å²) in [7, 11) is 0. The van der Waals surface area contributed by atoms with E-state index in [-0.39, 0.29) is 12.7 Å². The van der Waals surface area contributed by atoms with E-state index in [2.05, 4.69) is 10.9 Å². The molecule has 0 aliphatic rings. The lowest BCUT2D eigenvalue weighted by Gasteiger charge is -2.14. The van der Waals surface area contributed by atoms with Gasteiger partial charge in [0, 0.05) is 5.39 Å². The summed E-state index contributed by atoms with van der Waals surface area (Å²) in [4.78, 5) is 24.4. The van der Waals surface area contributed by atoms with Gasteiger partial charge in [-0.3, -0.25) is 20.4 Å². The van der Waals surface area contributed by atoms with E-state index in [4.69, 9.17) is 9.47 Å². The number of fused-ring (bicyclic) bond motifs is 1. The molecule has 6 heteroatoms. The minimum absolute atomic E-state index is 0.0716. The highest BCUT2D eigenvalue weighted by molar-refractivity contribution is 5.98. The smallest absolute Gasteiger partial charge is 0.276 e. The third-order valence-corrected chi connectivity index (χ3v) is 3.92. The lowest BCUT2D eigenvalue weighted by molar-refractivity contribution is -0.123. The molecule has 2 N–H and O–H groups in total. The van der Waals surface area contributed by atoms with Crippen LogP contribution < -0.4 is 20.3 Å². The number of carbonyl (C=O) groups excluding carboxylic acids is 2. The lowest BCUT2D eigenvalue weighted by atomic mass is 10.1. The number of hydrogen-bond acceptors (Lipinski definition) is 4. The fourth-order valence-electron chi connectivity index (χ4n) is 2.71. The first-order chi connectivity index (χ1) is 13.5. The van der Waals surface area contributed by atoms with Crippen molar-refractivity contribution in [3.05, 3.63) is 72.3 Å². The molecule has 6 nitrogen and oxygen atoms in total. The molecular formula is C22H22N2O4. The topological polar surface area (TPSA) is 76.7 Å². The highest BCUT2D eigenvalue weighted by Crippen LogP contribution is 2.25. The molecule has 0 saturated carbocycles. The molecule has 0 spiro atoms. The number of rotatable bonds is 6. The maximum absolute atomic E-state index is 12.4. The molecule has 144 valence electrons. The Balaban J connectivity index is 1.57. The van der Waals surface area contributed by atoms with Crippen LogP contribution in [-0.2, 0) is 4.79 Å². The van der Waals surface area contributed by atoms with Gasteiger partial charge in [0.1, 0.15) is 11.5 Å². The molecule has 0 radical (unpaired) electrons. The van der Waals surface area contributed by atoms with Gasteiger partial charge in [-0.25, -0.2) is 0 Å². The molecule has 3 aromatic rings. The second-order valence-corrected chi connectivity index (χ2v) is 6.43. The Morgan fingerprint density at radius 1 is 0.857 bits per heavy atom. The summed E-state index contributed by atoms with van der Waals surface area (Å²) in [6, 6.07) is 20.2. The fourth-order valence-corrected chi connectivity index (χ4v) is 2.71. The van der Waals surface area contributed by atoms with Crippen molar-refractivity contribution in [3.8, 4) is 11.5 Å². The van der Waals surface area contributed by atoms with Crippen molar-refractivity contribution >= 4 is 22.6 Å². The molecule has 0 aliphatic carbocycles. The van der Waals surface area contributed by atoms with Crippen LogP contribution in [0.25, 0.3) is 10.8 Å². The Kier molecular flexibility index (Phi) is 6.11. The van der Waals surface area contributed by atoms with Gasteiger partial charge in [-0.15, -0.1) is 0 Å². The first kappa shape index (κ1) is 19.2. The van der Waals surface area contributed by atoms with E-state index in [1.165, 1.54) is 0 Å². The number of hydrogen-bond donors (Lipinski definition) is 2. The lowest BCUT2D eigenvalue weighted by Crippen LogP contribution is -2.44. The minimum atomic E-state index is -0.469. The number of nitrogens with one attached hydrogen (secondary N) is 2. The maximum Gasteiger partial charge on any atom is 0.276 e. The Bertz CT molecular complexity index is 980. The predicted molar refractivity (Wildman–Crippen MR) is 107 cm³/mol. The third kappa shape index (κ3) is 4.79. The summed E-state index contributed by atoms with van der Waals surface area (Å²) in [5, 5.41) is 1.94. The molecule has 0 fully saturated rings. The summed E-state index contributed by atoms with van der Waals surface area (Å²) in [5.74, 6) is 0.129. The average molecular weight is 378 g/mol. The van der Waals surface area contributed by atoms with Crippen LogP contribution >= 0.6 is 0 Å². The van der Waals surface area contributed by atoms with E-state index in [1.807, 2.05) is 50.2 Å². The molecule has 0 aromatic heterocycles. The van der Waals surface area contributed by atoms with E-state index in [0.717, 1.165) is 10.8 Å². The first-order valence-electron chi connectivity index (χ1n) is 9.00. The second-order valence-electron chi connectivity index (χ2n) is 6.43. The summed E-state index contributed by atoms with van der Waals surface area (Å²) >= 11 is 0. The number of para-hydroxylation sites is 1. The zero-order chi connectivity index (χ0) is 19.9. The van der Waals surface area contributed by atoms with Gasteiger partial charge in [-0.1, -0.05) is 48.5 Å². The highest BCUT2D eigenvalue weighted by atomic mass is 16.5. The van der Waals surface area contributed by atoms with E-state index in [0.29, 0.717) is 17.1 Å². The van der Waals surface area contributed by atoms with Crippen molar-refractivity contribution in [1.29, 1.82) is 0 Å². The van der Waals surface area contributed by atoms with Gasteiger partial charge in [0.15, 0.2) is 6.61 Å². The van der Waals surface area contributed by atoms with Gasteiger partial charge in [0.25, 0.3) is 11.8 Å². The predicted octanol–water partition coefficient (Wildman–Crippen LogP) is 3.47. The van der Waals surface area contributed by atoms with Crippen LogP contribution in [0.4, 0.5) is 0 Å². The monoisotopic (exact) mass is 378 g/mol. The fraction of sp³-hybridized carbons (Fsp3) is 0.182. The van der Waals surface area contributed by atoms with Crippen molar-refractivity contribution in [2.45, 2.75) is 20.0 Å². The molecule has 3 aromatic carbocycles. The van der Waals surface area contributed by atoms with Crippen LogP contribution in [0.3, 0.4) is 0 Å². The molecular weight excluding hydrogens is 356 g/mol. The van der Waals surface area contributed by atoms with Gasteiger partial charge in [0.2, 0.25) is 0 Å². The van der Waals surface area contributed by atoms with E-state index in [1.54, 1.807) is 30.3 Å². The van der Waals surface area contributed by atoms with Crippen molar-refractivity contribution in [1.82, 2.24) is 10.9 Å². The Morgan fingerprint density at radius 3 is 2.36 bits per heavy atom. The Hall–Kier alpha value is -3.54. The normalized spacial score (nSPS) is 10.5. The maximum atomic E-state index is 12.4. The van der Waals surface area contributed by atoms with Gasteiger partial charge in [-0.05, 0) is 37.4 Å². The van der Waals surface area contributed by atoms with Crippen LogP contribution in [-0.4, -0.2) is 24.5 Å². The third-order valence-electron chi connectivity index (χ3n) is 3.92. The molecule has 28 heavy (non-hydrogen) atoms. The number of ether oxygens (including phenoxy) is 2. The first-order valence-corrected chi connectivity index (χ1v) is 9.00. The van der Waals surface area contributed by atoms with Crippen LogP contribution in [0.15, 0.2) is 66.7 Å². The molecule has 0 aliphatic heterocycles. The van der Waals surface area contributed by atoms with E-state index >= 15 is 0 Å². The van der Waals surface area contributed by atoms with Crippen molar-refractivity contribution in [2.75, 3.05) is 6.61 Å². The summed E-state index contributed by atoms with van der Waals surface area (Å²) in [6.45, 7) is 3.53. The number of amides is 2. The molecule has 0 heterocycles. The van der Waals surface area contributed by atoms with Gasteiger partial charge < -0.3 is 9.47 Å². The molecule has 0 saturated heterocycles. The number of hydrazine groups is 1. The second kappa shape index (κ2) is 8.90. The van der Waals surface area contributed by atoms with E-state index in [9.17, 15) is 9.59 Å². The van der Waals surface area contributed by atoms with Crippen LogP contribution in [0.1, 0.15) is 24.2 Å². The van der Waals surface area contributed by atoms with E-state index < -0.39 is 11.8 Å². The molecule has 0 atom stereocenters. The quantitative estimate of drug-likeness (QED) is 0.644. The standard InChI is InChI=1S/C22H22N2O4/c1-15(2)28-20-12-6-5-11-18(20)22(26)24-23-21(25)14-27-19-13-7-9-16-8-3-4-10-17(16)19/h3-13,15H,14H2,1-2H3,(H,23,25)(H,24,26). The molecule has 2 amide bonds. The summed E-state index contributed by atoms with van der Waals surface area (Å²) < 4.78 is 11.2. The van der Waals surface area contributed by atoms with Crippen molar-refractivity contribution in [3.63, 3.8) is 0 Å². The summed E-state index contributed by atoms with van der Waals surface area (Å²) in [5.41, 5.74) is 5.09. The molecule has 0 unspecified atom stereocenters. The van der Waals surface area contributed by atoms with Crippen molar-refractivity contribution < 1.29 is 19.1 Å². The number of carbonyl (C=O) groups is 2. The molecule has 3 rings (SSSR count). The SMILES string of the molecule is CC(C)Oc1ccccc1C(=O)NNC(=O)COc1cccc2ccccc12. The average Bonchev–Trinajstić information content (AvgIpc) is 2.70. The zero-order valence-corrected chi connectivity index (χ0v) is 15.8. The minimum Gasteiger partial charge on any atom is -0.490 e. The highest BCUT2D eigenvalue weighted by Gasteiger charge is 2.14. The van der Waals surface area contributed by atoms with Crippen LogP contribution in [0.5, 0.6) is 11.5 Å². The van der Waals surface area contributed by atoms with Crippen LogP contribution in [0, 0.1) is 0 Å². The van der Waals surface area contributed by atoms with Gasteiger partial charge in [0.05, 0.1) is 11.7 Å². The Morgan fingerprint density at radius 2 is 1.54 bits per heavy atom. The largest absolute Gasteiger partial charge is 0.490 e. The van der Waals surface area contributed by atoms with Crippen molar-refractivity contribution in [2.24, 2.45) is 0 Å². The van der Waals surface area contributed by atoms with Gasteiger partial charge >= 0.3 is 0 Å². The Labute approximate surface area is 163 Å².